The second-order valence-corrected chi connectivity index (χ2v) is 5.73. The van der Waals surface area contributed by atoms with Crippen LogP contribution in [-0.2, 0) is 0 Å². The molecule has 0 bridgehead atoms. The fourth-order valence-corrected chi connectivity index (χ4v) is 2.07. The average Bonchev–Trinajstić information content (AvgIpc) is 2.38. The number of rotatable bonds is 4. The number of hydrogen-bond donors (Lipinski definition) is 2. The van der Waals surface area contributed by atoms with Gasteiger partial charge < -0.3 is 15.1 Å². The van der Waals surface area contributed by atoms with Crippen LogP contribution in [0.1, 0.15) is 41.8 Å². The molecule has 0 aliphatic rings. The van der Waals surface area contributed by atoms with E-state index in [9.17, 15) is 9.90 Å². The molecule has 0 spiro atoms. The Morgan fingerprint density at radius 2 is 2.05 bits per heavy atom. The molecule has 0 saturated carbocycles. The van der Waals surface area contributed by atoms with Crippen molar-refractivity contribution < 1.29 is 15.0 Å². The molecule has 4 nitrogen and oxygen atoms in total. The van der Waals surface area contributed by atoms with Gasteiger partial charge in [-0.2, -0.15) is 0 Å². The van der Waals surface area contributed by atoms with Gasteiger partial charge in [-0.15, -0.1) is 0 Å². The summed E-state index contributed by atoms with van der Waals surface area (Å²) >= 11 is 0. The summed E-state index contributed by atoms with van der Waals surface area (Å²) in [6, 6.07) is 5.41. The molecule has 21 heavy (non-hydrogen) atoms. The highest BCUT2D eigenvalue weighted by molar-refractivity contribution is 5.96. The normalized spacial score (nSPS) is 10.8. The Labute approximate surface area is 126 Å². The van der Waals surface area contributed by atoms with E-state index < -0.39 is 5.60 Å². The molecule has 0 saturated heterocycles. The largest absolute Gasteiger partial charge is 0.395 e. The number of hydrogen-bond acceptors (Lipinski definition) is 3. The van der Waals surface area contributed by atoms with Crippen molar-refractivity contribution >= 4 is 5.91 Å². The van der Waals surface area contributed by atoms with Crippen LogP contribution in [0.4, 0.5) is 0 Å². The van der Waals surface area contributed by atoms with Gasteiger partial charge >= 0.3 is 0 Å². The van der Waals surface area contributed by atoms with E-state index in [-0.39, 0.29) is 19.1 Å². The van der Waals surface area contributed by atoms with Crippen LogP contribution in [0.25, 0.3) is 0 Å². The summed E-state index contributed by atoms with van der Waals surface area (Å²) in [7, 11) is 1.67. The maximum Gasteiger partial charge on any atom is 0.254 e. The average molecular weight is 289 g/mol. The zero-order valence-electron chi connectivity index (χ0n) is 13.1. The number of carbonyl (C=O) groups is 1. The Kier molecular flexibility index (Phi) is 5.95. The van der Waals surface area contributed by atoms with Crippen molar-refractivity contribution in [2.45, 2.75) is 32.8 Å². The first-order valence-corrected chi connectivity index (χ1v) is 6.93. The van der Waals surface area contributed by atoms with Crippen LogP contribution in [0.2, 0.25) is 0 Å². The lowest BCUT2D eigenvalue weighted by Crippen LogP contribution is -2.39. The maximum absolute atomic E-state index is 12.5. The summed E-state index contributed by atoms with van der Waals surface area (Å²) in [6.07, 6.45) is 0.413. The molecular formula is C17H23NO3. The molecule has 0 aromatic heterocycles. The van der Waals surface area contributed by atoms with Gasteiger partial charge in [-0.25, -0.2) is 0 Å². The first kappa shape index (κ1) is 17.2. The summed E-state index contributed by atoms with van der Waals surface area (Å²) in [5.41, 5.74) is 1.25. The van der Waals surface area contributed by atoms with Crippen LogP contribution in [0.5, 0.6) is 0 Å². The second kappa shape index (κ2) is 7.26. The molecule has 1 amide bonds. The molecule has 0 unspecified atom stereocenters. The quantitative estimate of drug-likeness (QED) is 0.827. The first-order valence-electron chi connectivity index (χ1n) is 6.93. The number of nitrogens with zero attached hydrogens (tertiary/aromatic N) is 1. The lowest BCUT2D eigenvalue weighted by Gasteiger charge is -2.26. The number of amides is 1. The molecule has 0 radical (unpaired) electrons. The van der Waals surface area contributed by atoms with Gasteiger partial charge in [0.2, 0.25) is 0 Å². The Morgan fingerprint density at radius 3 is 2.62 bits per heavy atom. The van der Waals surface area contributed by atoms with Crippen LogP contribution in [0, 0.1) is 18.8 Å². The van der Waals surface area contributed by atoms with E-state index in [1.165, 1.54) is 4.90 Å². The van der Waals surface area contributed by atoms with Crippen molar-refractivity contribution in [3.63, 3.8) is 0 Å². The zero-order valence-corrected chi connectivity index (χ0v) is 13.1. The standard InChI is InChI=1S/C17H23NO3/c1-13-14(8-5-6-11-19)9-7-10-15(13)16(20)18(4)12-17(2,3)21/h7,9-10,19,21H,6,11-12H2,1-4H3. The first-order chi connectivity index (χ1) is 9.76. The van der Waals surface area contributed by atoms with E-state index >= 15 is 0 Å². The fraction of sp³-hybridized carbons (Fsp3) is 0.471. The summed E-state index contributed by atoms with van der Waals surface area (Å²) in [5.74, 6) is 5.69. The van der Waals surface area contributed by atoms with Crippen molar-refractivity contribution in [2.75, 3.05) is 20.2 Å². The molecule has 1 rings (SSSR count). The predicted octanol–water partition coefficient (Wildman–Crippen LogP) is 1.57. The van der Waals surface area contributed by atoms with Crippen molar-refractivity contribution in [2.24, 2.45) is 0 Å². The van der Waals surface area contributed by atoms with Crippen molar-refractivity contribution in [1.82, 2.24) is 4.90 Å². The Bertz CT molecular complexity index is 562. The SMILES string of the molecule is Cc1c(C#CCCO)cccc1C(=O)N(C)CC(C)(C)O. The summed E-state index contributed by atoms with van der Waals surface area (Å²) in [4.78, 5) is 14.0. The number of aliphatic hydroxyl groups excluding tert-OH is 1. The van der Waals surface area contributed by atoms with E-state index in [1.54, 1.807) is 33.0 Å². The Balaban J connectivity index is 3.01. The summed E-state index contributed by atoms with van der Waals surface area (Å²) in [6.45, 7) is 5.47. The van der Waals surface area contributed by atoms with Gasteiger partial charge in [0.25, 0.3) is 5.91 Å². The van der Waals surface area contributed by atoms with Crippen LogP contribution < -0.4 is 0 Å². The molecular weight excluding hydrogens is 266 g/mol. The predicted molar refractivity (Wildman–Crippen MR) is 83.0 cm³/mol. The fourth-order valence-electron chi connectivity index (χ4n) is 2.07. The van der Waals surface area contributed by atoms with Crippen LogP contribution in [0.3, 0.4) is 0 Å². The molecule has 114 valence electrons. The van der Waals surface area contributed by atoms with Gasteiger partial charge in [0.15, 0.2) is 0 Å². The van der Waals surface area contributed by atoms with Gasteiger partial charge in [0, 0.05) is 31.1 Å². The maximum atomic E-state index is 12.5. The van der Waals surface area contributed by atoms with E-state index in [4.69, 9.17) is 5.11 Å². The lowest BCUT2D eigenvalue weighted by molar-refractivity contribution is 0.0367. The molecule has 1 aromatic rings. The Hall–Kier alpha value is -1.83. The van der Waals surface area contributed by atoms with Crippen molar-refractivity contribution in [3.8, 4) is 11.8 Å². The highest BCUT2D eigenvalue weighted by Crippen LogP contribution is 2.16. The third-order valence-electron chi connectivity index (χ3n) is 2.99. The molecule has 2 N–H and O–H groups in total. The van der Waals surface area contributed by atoms with Gasteiger partial charge in [0.05, 0.1) is 12.2 Å². The van der Waals surface area contributed by atoms with Gasteiger partial charge in [-0.05, 0) is 38.5 Å². The van der Waals surface area contributed by atoms with Gasteiger partial charge in [-0.1, -0.05) is 17.9 Å². The topological polar surface area (TPSA) is 60.8 Å². The minimum Gasteiger partial charge on any atom is -0.395 e. The molecule has 4 heteroatoms. The van der Waals surface area contributed by atoms with Crippen LogP contribution in [-0.4, -0.2) is 46.8 Å². The minimum atomic E-state index is -0.934. The monoisotopic (exact) mass is 289 g/mol. The van der Waals surface area contributed by atoms with E-state index in [0.29, 0.717) is 12.0 Å². The van der Waals surface area contributed by atoms with Crippen LogP contribution >= 0.6 is 0 Å². The second-order valence-electron chi connectivity index (χ2n) is 5.73. The van der Waals surface area contributed by atoms with Crippen molar-refractivity contribution in [1.29, 1.82) is 0 Å². The van der Waals surface area contributed by atoms with E-state index in [0.717, 1.165) is 11.1 Å². The third kappa shape index (κ3) is 5.22. The van der Waals surface area contributed by atoms with Gasteiger partial charge in [-0.3, -0.25) is 4.79 Å². The van der Waals surface area contributed by atoms with E-state index in [2.05, 4.69) is 11.8 Å². The van der Waals surface area contributed by atoms with Gasteiger partial charge in [0.1, 0.15) is 0 Å². The molecule has 0 aliphatic heterocycles. The smallest absolute Gasteiger partial charge is 0.254 e. The molecule has 0 aliphatic carbocycles. The molecule has 0 fully saturated rings. The zero-order chi connectivity index (χ0) is 16.0. The number of aliphatic hydroxyl groups is 2. The number of likely N-dealkylation sites (N-methyl/N-ethyl adjacent to an activating group) is 1. The summed E-state index contributed by atoms with van der Waals surface area (Å²) < 4.78 is 0. The Morgan fingerprint density at radius 1 is 1.38 bits per heavy atom. The van der Waals surface area contributed by atoms with E-state index in [1.807, 2.05) is 13.0 Å². The molecule has 0 heterocycles. The molecule has 1 aromatic carbocycles. The summed E-state index contributed by atoms with van der Waals surface area (Å²) in [5, 5.41) is 18.6. The highest BCUT2D eigenvalue weighted by Gasteiger charge is 2.21. The van der Waals surface area contributed by atoms with Crippen molar-refractivity contribution in [3.05, 3.63) is 34.9 Å². The third-order valence-corrected chi connectivity index (χ3v) is 2.99. The lowest BCUT2D eigenvalue weighted by atomic mass is 10.0. The highest BCUT2D eigenvalue weighted by atomic mass is 16.3. The number of carbonyl (C=O) groups excluding carboxylic acids is 1. The van der Waals surface area contributed by atoms with Crippen LogP contribution in [0.15, 0.2) is 18.2 Å². The molecule has 0 atom stereocenters. The minimum absolute atomic E-state index is 0.0268. The number of benzene rings is 1.